The summed E-state index contributed by atoms with van der Waals surface area (Å²) in [5, 5.41) is 10.1. The first-order valence-corrected chi connectivity index (χ1v) is 10.6. The third-order valence-corrected chi connectivity index (χ3v) is 6.15. The number of nitrogens with zero attached hydrogens (tertiary/aromatic N) is 5. The highest BCUT2D eigenvalue weighted by Gasteiger charge is 2.19. The van der Waals surface area contributed by atoms with Gasteiger partial charge in [0.25, 0.3) is 0 Å². The second kappa shape index (κ2) is 7.21. The van der Waals surface area contributed by atoms with E-state index < -0.39 is 0 Å². The lowest BCUT2D eigenvalue weighted by Gasteiger charge is -2.34. The van der Waals surface area contributed by atoms with Gasteiger partial charge in [0, 0.05) is 48.7 Å². The molecule has 154 valence electrons. The van der Waals surface area contributed by atoms with Gasteiger partial charge in [-0.25, -0.2) is 0 Å². The summed E-state index contributed by atoms with van der Waals surface area (Å²) in [6.45, 7) is 4.15. The van der Waals surface area contributed by atoms with E-state index in [0.29, 0.717) is 0 Å². The molecule has 7 heteroatoms. The summed E-state index contributed by atoms with van der Waals surface area (Å²) < 4.78 is 0. The number of aromatic nitrogens is 5. The molecule has 0 spiro atoms. The van der Waals surface area contributed by atoms with Gasteiger partial charge in [-0.1, -0.05) is 12.1 Å². The van der Waals surface area contributed by atoms with Crippen molar-refractivity contribution in [2.45, 2.75) is 0 Å². The second-order valence-electron chi connectivity index (χ2n) is 8.14. The number of anilines is 1. The predicted molar refractivity (Wildman–Crippen MR) is 124 cm³/mol. The molecule has 0 bridgehead atoms. The van der Waals surface area contributed by atoms with E-state index in [2.05, 4.69) is 66.3 Å². The van der Waals surface area contributed by atoms with E-state index >= 15 is 0 Å². The van der Waals surface area contributed by atoms with Gasteiger partial charge >= 0.3 is 0 Å². The summed E-state index contributed by atoms with van der Waals surface area (Å²) in [4.78, 5) is 17.3. The van der Waals surface area contributed by atoms with Crippen molar-refractivity contribution < 1.29 is 0 Å². The average molecular weight is 409 g/mol. The number of hydrogen-bond acceptors (Lipinski definition) is 5. The van der Waals surface area contributed by atoms with Crippen molar-refractivity contribution >= 4 is 27.5 Å². The average Bonchev–Trinajstić information content (AvgIpc) is 3.43. The molecule has 4 aromatic heterocycles. The summed E-state index contributed by atoms with van der Waals surface area (Å²) in [6, 6.07) is 14.5. The van der Waals surface area contributed by atoms with Crippen LogP contribution < -0.4 is 4.90 Å². The van der Waals surface area contributed by atoms with Crippen LogP contribution in [0.15, 0.2) is 61.1 Å². The van der Waals surface area contributed by atoms with Crippen molar-refractivity contribution in [3.63, 3.8) is 0 Å². The molecule has 1 aliphatic rings. The summed E-state index contributed by atoms with van der Waals surface area (Å²) in [5.74, 6) is 0. The van der Waals surface area contributed by atoms with Crippen molar-refractivity contribution in [3.05, 3.63) is 61.1 Å². The van der Waals surface area contributed by atoms with Gasteiger partial charge in [0.15, 0.2) is 0 Å². The molecule has 0 aliphatic carbocycles. The molecule has 0 saturated carbocycles. The molecule has 5 aromatic rings. The molecule has 1 aromatic carbocycles. The van der Waals surface area contributed by atoms with Crippen LogP contribution in [0.2, 0.25) is 0 Å². The fourth-order valence-electron chi connectivity index (χ4n) is 4.38. The van der Waals surface area contributed by atoms with Crippen LogP contribution in [-0.4, -0.2) is 63.3 Å². The number of fused-ring (bicyclic) bond motifs is 2. The number of pyridine rings is 2. The Hall–Kier alpha value is -3.71. The molecule has 31 heavy (non-hydrogen) atoms. The SMILES string of the molecule is CN1CCN(c2cncc3[nH]c(-c4n[nH]c5ccc(-c6ccccn6)cc45)cc23)CC1. The Morgan fingerprint density at radius 3 is 2.65 bits per heavy atom. The zero-order chi connectivity index (χ0) is 20.8. The minimum absolute atomic E-state index is 0.910. The normalized spacial score (nSPS) is 15.2. The molecule has 0 unspecified atom stereocenters. The van der Waals surface area contributed by atoms with Gasteiger partial charge in [-0.3, -0.25) is 15.1 Å². The maximum absolute atomic E-state index is 4.63. The third kappa shape index (κ3) is 3.14. The van der Waals surface area contributed by atoms with Crippen LogP contribution in [0.5, 0.6) is 0 Å². The first kappa shape index (κ1) is 18.1. The fraction of sp³-hybridized carbons (Fsp3) is 0.208. The highest BCUT2D eigenvalue weighted by Crippen LogP contribution is 2.34. The van der Waals surface area contributed by atoms with Gasteiger partial charge in [0.1, 0.15) is 5.69 Å². The van der Waals surface area contributed by atoms with Gasteiger partial charge in [-0.2, -0.15) is 5.10 Å². The molecule has 0 atom stereocenters. The van der Waals surface area contributed by atoms with Gasteiger partial charge in [0.2, 0.25) is 0 Å². The van der Waals surface area contributed by atoms with Crippen LogP contribution in [-0.2, 0) is 0 Å². The number of piperazine rings is 1. The molecular formula is C24H23N7. The molecule has 1 fully saturated rings. The molecule has 0 radical (unpaired) electrons. The Balaban J connectivity index is 1.44. The van der Waals surface area contributed by atoms with Gasteiger partial charge < -0.3 is 14.8 Å². The quantitative estimate of drug-likeness (QED) is 0.472. The molecule has 7 nitrogen and oxygen atoms in total. The van der Waals surface area contributed by atoms with E-state index in [1.165, 1.54) is 11.1 Å². The van der Waals surface area contributed by atoms with Crippen LogP contribution in [0.25, 0.3) is 44.5 Å². The van der Waals surface area contributed by atoms with Crippen molar-refractivity contribution in [3.8, 4) is 22.6 Å². The predicted octanol–water partition coefficient (Wildman–Crippen LogP) is 3.92. The molecular weight excluding hydrogens is 386 g/mol. The van der Waals surface area contributed by atoms with E-state index in [1.807, 2.05) is 36.8 Å². The number of hydrogen-bond donors (Lipinski definition) is 2. The van der Waals surface area contributed by atoms with Crippen molar-refractivity contribution in [2.24, 2.45) is 0 Å². The number of nitrogens with one attached hydrogen (secondary N) is 2. The molecule has 5 heterocycles. The van der Waals surface area contributed by atoms with E-state index in [-0.39, 0.29) is 0 Å². The molecule has 1 aliphatic heterocycles. The highest BCUT2D eigenvalue weighted by atomic mass is 15.2. The Morgan fingerprint density at radius 1 is 0.903 bits per heavy atom. The summed E-state index contributed by atoms with van der Waals surface area (Å²) in [6.07, 6.45) is 5.69. The van der Waals surface area contributed by atoms with Crippen LogP contribution in [0.3, 0.4) is 0 Å². The maximum atomic E-state index is 4.63. The zero-order valence-electron chi connectivity index (χ0n) is 17.3. The van der Waals surface area contributed by atoms with E-state index in [4.69, 9.17) is 0 Å². The molecule has 2 N–H and O–H groups in total. The lowest BCUT2D eigenvalue weighted by atomic mass is 10.1. The fourth-order valence-corrected chi connectivity index (χ4v) is 4.38. The van der Waals surface area contributed by atoms with Crippen molar-refractivity contribution in [1.29, 1.82) is 0 Å². The molecule has 6 rings (SSSR count). The van der Waals surface area contributed by atoms with E-state index in [1.54, 1.807) is 0 Å². The van der Waals surface area contributed by atoms with Gasteiger partial charge in [-0.15, -0.1) is 0 Å². The minimum atomic E-state index is 0.910. The number of aromatic amines is 2. The minimum Gasteiger partial charge on any atom is -0.367 e. The highest BCUT2D eigenvalue weighted by molar-refractivity contribution is 6.00. The first-order valence-electron chi connectivity index (χ1n) is 10.6. The van der Waals surface area contributed by atoms with Gasteiger partial charge in [0.05, 0.1) is 40.5 Å². The molecule has 0 amide bonds. The van der Waals surface area contributed by atoms with Crippen LogP contribution >= 0.6 is 0 Å². The monoisotopic (exact) mass is 409 g/mol. The first-order chi connectivity index (χ1) is 15.3. The standard InChI is InChI=1S/C24H23N7/c1-30-8-10-31(11-9-30)23-15-25-14-22-17(23)13-21(27-22)24-18-12-16(5-6-20(18)28-29-24)19-4-2-3-7-26-19/h2-7,12-15,27H,8-11H2,1H3,(H,28,29). The number of benzene rings is 1. The van der Waals surface area contributed by atoms with Crippen LogP contribution in [0.1, 0.15) is 0 Å². The third-order valence-electron chi connectivity index (χ3n) is 6.15. The second-order valence-corrected chi connectivity index (χ2v) is 8.14. The van der Waals surface area contributed by atoms with E-state index in [9.17, 15) is 0 Å². The number of rotatable bonds is 3. The lowest BCUT2D eigenvalue weighted by Crippen LogP contribution is -2.44. The summed E-state index contributed by atoms with van der Waals surface area (Å²) in [7, 11) is 2.17. The Kier molecular flexibility index (Phi) is 4.21. The van der Waals surface area contributed by atoms with Crippen molar-refractivity contribution in [2.75, 3.05) is 38.1 Å². The summed E-state index contributed by atoms with van der Waals surface area (Å²) >= 11 is 0. The Morgan fingerprint density at radius 2 is 1.81 bits per heavy atom. The summed E-state index contributed by atoms with van der Waals surface area (Å²) in [5.41, 5.74) is 7.15. The number of H-pyrrole nitrogens is 2. The van der Waals surface area contributed by atoms with Gasteiger partial charge in [-0.05, 0) is 37.4 Å². The van der Waals surface area contributed by atoms with Crippen LogP contribution in [0, 0.1) is 0 Å². The largest absolute Gasteiger partial charge is 0.367 e. The zero-order valence-corrected chi connectivity index (χ0v) is 17.3. The Bertz CT molecular complexity index is 1360. The number of likely N-dealkylation sites (N-methyl/N-ethyl adjacent to an activating group) is 1. The molecule has 1 saturated heterocycles. The maximum Gasteiger partial charge on any atom is 0.116 e. The Labute approximate surface area is 179 Å². The van der Waals surface area contributed by atoms with Crippen molar-refractivity contribution in [1.82, 2.24) is 30.0 Å². The smallest absolute Gasteiger partial charge is 0.116 e. The van der Waals surface area contributed by atoms with E-state index in [0.717, 1.165) is 65.2 Å². The lowest BCUT2D eigenvalue weighted by molar-refractivity contribution is 0.313. The topological polar surface area (TPSA) is 76.7 Å². The van der Waals surface area contributed by atoms with Crippen LogP contribution in [0.4, 0.5) is 5.69 Å².